The van der Waals surface area contributed by atoms with E-state index in [1.54, 1.807) is 19.2 Å². The number of carbonyl (C=O) groups is 1. The maximum Gasteiger partial charge on any atom is 0.230 e. The third kappa shape index (κ3) is 5.25. The first-order valence-corrected chi connectivity index (χ1v) is 11.0. The maximum absolute atomic E-state index is 13.6. The molecule has 1 aliphatic heterocycles. The van der Waals surface area contributed by atoms with Gasteiger partial charge in [-0.15, -0.1) is 0 Å². The van der Waals surface area contributed by atoms with Crippen LogP contribution in [-0.4, -0.2) is 50.8 Å². The summed E-state index contributed by atoms with van der Waals surface area (Å²) in [5.74, 6) is 0.474. The lowest BCUT2D eigenvalue weighted by Crippen LogP contribution is -2.50. The minimum atomic E-state index is -0.700. The van der Waals surface area contributed by atoms with Crippen LogP contribution in [0.2, 0.25) is 0 Å². The number of hydrogen-bond donors (Lipinski definition) is 1. The van der Waals surface area contributed by atoms with Crippen LogP contribution < -0.4 is 10.1 Å². The Kier molecular flexibility index (Phi) is 8.04. The zero-order valence-corrected chi connectivity index (χ0v) is 18.7. The van der Waals surface area contributed by atoms with Crippen molar-refractivity contribution in [1.29, 1.82) is 0 Å². The van der Waals surface area contributed by atoms with Crippen LogP contribution in [0.3, 0.4) is 0 Å². The molecule has 2 aromatic carbocycles. The van der Waals surface area contributed by atoms with E-state index in [1.165, 1.54) is 12.1 Å². The highest BCUT2D eigenvalue weighted by molar-refractivity contribution is 5.88. The number of halogens is 1. The minimum absolute atomic E-state index is 0.0255. The first kappa shape index (κ1) is 23.2. The van der Waals surface area contributed by atoms with E-state index >= 15 is 0 Å². The molecule has 1 saturated heterocycles. The van der Waals surface area contributed by atoms with Crippen LogP contribution in [0.25, 0.3) is 0 Å². The molecule has 1 aliphatic rings. The van der Waals surface area contributed by atoms with Crippen LogP contribution in [0.4, 0.5) is 4.39 Å². The number of hydrogen-bond acceptors (Lipinski definition) is 4. The minimum Gasteiger partial charge on any atom is -0.497 e. The number of nitrogens with zero attached hydrogens (tertiary/aromatic N) is 1. The van der Waals surface area contributed by atoms with Gasteiger partial charge in [-0.1, -0.05) is 38.1 Å². The summed E-state index contributed by atoms with van der Waals surface area (Å²) in [4.78, 5) is 15.9. The largest absolute Gasteiger partial charge is 0.497 e. The van der Waals surface area contributed by atoms with Crippen LogP contribution in [0, 0.1) is 5.82 Å². The standard InChI is InChI=1S/C25H33FN2O3/c1-4-28(5-2)23(19-7-6-8-22(17-19)30-3)18-27-24(29)25(13-15-31-16-14-25)20-9-11-21(26)12-10-20/h6-12,17,23H,4-5,13-16,18H2,1-3H3,(H,27,29). The van der Waals surface area contributed by atoms with Crippen LogP contribution >= 0.6 is 0 Å². The average molecular weight is 429 g/mol. The Balaban J connectivity index is 1.84. The van der Waals surface area contributed by atoms with Crippen molar-refractivity contribution in [2.24, 2.45) is 0 Å². The van der Waals surface area contributed by atoms with Gasteiger partial charge < -0.3 is 14.8 Å². The van der Waals surface area contributed by atoms with Crippen molar-refractivity contribution in [2.75, 3.05) is 40.0 Å². The molecule has 1 unspecified atom stereocenters. The van der Waals surface area contributed by atoms with E-state index in [0.29, 0.717) is 32.6 Å². The van der Waals surface area contributed by atoms with Crippen molar-refractivity contribution < 1.29 is 18.7 Å². The summed E-state index contributed by atoms with van der Waals surface area (Å²) in [5.41, 5.74) is 1.25. The molecule has 2 aromatic rings. The molecule has 1 atom stereocenters. The van der Waals surface area contributed by atoms with E-state index < -0.39 is 5.41 Å². The second kappa shape index (κ2) is 10.7. The van der Waals surface area contributed by atoms with Crippen molar-refractivity contribution >= 4 is 5.91 Å². The number of rotatable bonds is 9. The monoisotopic (exact) mass is 428 g/mol. The molecule has 0 aromatic heterocycles. The molecule has 1 heterocycles. The fourth-order valence-corrected chi connectivity index (χ4v) is 4.47. The van der Waals surface area contributed by atoms with Gasteiger partial charge in [0.05, 0.1) is 18.6 Å². The summed E-state index contributed by atoms with van der Waals surface area (Å²) in [7, 11) is 1.66. The van der Waals surface area contributed by atoms with Gasteiger partial charge >= 0.3 is 0 Å². The highest BCUT2D eigenvalue weighted by Gasteiger charge is 2.42. The molecule has 1 amide bonds. The Bertz CT molecular complexity index is 846. The molecule has 5 nitrogen and oxygen atoms in total. The SMILES string of the molecule is CCN(CC)C(CNC(=O)C1(c2ccc(F)cc2)CCOCC1)c1cccc(OC)c1. The molecule has 0 bridgehead atoms. The third-order valence-electron chi connectivity index (χ3n) is 6.37. The molecule has 0 saturated carbocycles. The highest BCUT2D eigenvalue weighted by Crippen LogP contribution is 2.35. The first-order valence-electron chi connectivity index (χ1n) is 11.0. The molecule has 3 rings (SSSR count). The van der Waals surface area contributed by atoms with Gasteiger partial charge in [0.2, 0.25) is 5.91 Å². The van der Waals surface area contributed by atoms with Gasteiger partial charge in [-0.3, -0.25) is 9.69 Å². The van der Waals surface area contributed by atoms with Gasteiger partial charge in [-0.05, 0) is 61.3 Å². The van der Waals surface area contributed by atoms with Gasteiger partial charge in [0.1, 0.15) is 11.6 Å². The number of benzene rings is 2. The molecule has 0 spiro atoms. The lowest BCUT2D eigenvalue weighted by Gasteiger charge is -2.37. The van der Waals surface area contributed by atoms with E-state index in [0.717, 1.165) is 30.0 Å². The molecule has 0 aliphatic carbocycles. The van der Waals surface area contributed by atoms with Crippen LogP contribution in [-0.2, 0) is 14.9 Å². The van der Waals surface area contributed by atoms with Crippen molar-refractivity contribution in [3.8, 4) is 5.75 Å². The van der Waals surface area contributed by atoms with E-state index in [1.807, 2.05) is 18.2 Å². The molecular weight excluding hydrogens is 395 g/mol. The second-order valence-corrected chi connectivity index (χ2v) is 7.93. The number of ether oxygens (including phenoxy) is 2. The second-order valence-electron chi connectivity index (χ2n) is 7.93. The summed E-state index contributed by atoms with van der Waals surface area (Å²) >= 11 is 0. The summed E-state index contributed by atoms with van der Waals surface area (Å²) < 4.78 is 24.5. The molecule has 1 fully saturated rings. The quantitative estimate of drug-likeness (QED) is 0.654. The van der Waals surface area contributed by atoms with E-state index in [-0.39, 0.29) is 17.8 Å². The smallest absolute Gasteiger partial charge is 0.230 e. The molecule has 1 N–H and O–H groups in total. The van der Waals surface area contributed by atoms with Gasteiger partial charge in [-0.2, -0.15) is 0 Å². The summed E-state index contributed by atoms with van der Waals surface area (Å²) in [6.45, 7) is 7.49. The Morgan fingerprint density at radius 1 is 1.16 bits per heavy atom. The predicted molar refractivity (Wildman–Crippen MR) is 120 cm³/mol. The van der Waals surface area contributed by atoms with Gasteiger partial charge in [0, 0.05) is 19.8 Å². The number of methoxy groups -OCH3 is 1. The van der Waals surface area contributed by atoms with Crippen LogP contribution in [0.5, 0.6) is 5.75 Å². The number of likely N-dealkylation sites (N-methyl/N-ethyl adjacent to an activating group) is 1. The predicted octanol–water partition coefficient (Wildman–Crippen LogP) is 4.08. The zero-order valence-electron chi connectivity index (χ0n) is 18.7. The van der Waals surface area contributed by atoms with Crippen LogP contribution in [0.15, 0.2) is 48.5 Å². The van der Waals surface area contributed by atoms with Crippen molar-refractivity contribution in [3.63, 3.8) is 0 Å². The fraction of sp³-hybridized carbons (Fsp3) is 0.480. The van der Waals surface area contributed by atoms with Gasteiger partial charge in [0.25, 0.3) is 0 Å². The lowest BCUT2D eigenvalue weighted by atomic mass is 9.73. The summed E-state index contributed by atoms with van der Waals surface area (Å²) in [5, 5.41) is 3.22. The van der Waals surface area contributed by atoms with Crippen molar-refractivity contribution in [2.45, 2.75) is 38.1 Å². The number of nitrogens with one attached hydrogen (secondary N) is 1. The molecular formula is C25H33FN2O3. The van der Waals surface area contributed by atoms with Gasteiger partial charge in [-0.25, -0.2) is 4.39 Å². The van der Waals surface area contributed by atoms with E-state index in [4.69, 9.17) is 9.47 Å². The lowest BCUT2D eigenvalue weighted by molar-refractivity contribution is -0.130. The molecule has 0 radical (unpaired) electrons. The third-order valence-corrected chi connectivity index (χ3v) is 6.37. The zero-order chi connectivity index (χ0) is 22.3. The number of carbonyl (C=O) groups excluding carboxylic acids is 1. The Hall–Kier alpha value is -2.44. The maximum atomic E-state index is 13.6. The van der Waals surface area contributed by atoms with E-state index in [2.05, 4.69) is 30.1 Å². The topological polar surface area (TPSA) is 50.8 Å². The van der Waals surface area contributed by atoms with Crippen molar-refractivity contribution in [3.05, 3.63) is 65.5 Å². The van der Waals surface area contributed by atoms with Gasteiger partial charge in [0.15, 0.2) is 0 Å². The van der Waals surface area contributed by atoms with Crippen molar-refractivity contribution in [1.82, 2.24) is 10.2 Å². The fourth-order valence-electron chi connectivity index (χ4n) is 4.47. The Morgan fingerprint density at radius 3 is 2.45 bits per heavy atom. The number of amides is 1. The highest BCUT2D eigenvalue weighted by atomic mass is 19.1. The van der Waals surface area contributed by atoms with Crippen LogP contribution in [0.1, 0.15) is 43.9 Å². The molecule has 31 heavy (non-hydrogen) atoms. The molecule has 6 heteroatoms. The first-order chi connectivity index (χ1) is 15.0. The normalized spacial score (nSPS) is 16.7. The Labute approximate surface area is 184 Å². The summed E-state index contributed by atoms with van der Waals surface area (Å²) in [6.07, 6.45) is 1.17. The average Bonchev–Trinajstić information content (AvgIpc) is 2.82. The molecule has 168 valence electrons. The summed E-state index contributed by atoms with van der Waals surface area (Å²) in [6, 6.07) is 14.3. The van der Waals surface area contributed by atoms with E-state index in [9.17, 15) is 9.18 Å². The Morgan fingerprint density at radius 2 is 1.84 bits per heavy atom.